The van der Waals surface area contributed by atoms with Crippen LogP contribution in [0.15, 0.2) is 36.4 Å². The van der Waals surface area contributed by atoms with Crippen molar-refractivity contribution in [3.63, 3.8) is 0 Å². The van der Waals surface area contributed by atoms with Gasteiger partial charge in [-0.1, -0.05) is 12.1 Å². The van der Waals surface area contributed by atoms with Crippen LogP contribution in [0, 0.1) is 5.92 Å². The monoisotopic (exact) mass is 421 g/mol. The van der Waals surface area contributed by atoms with Gasteiger partial charge in [-0.25, -0.2) is 0 Å². The molecule has 1 heterocycles. The van der Waals surface area contributed by atoms with Gasteiger partial charge in [-0.15, -0.1) is 13.2 Å². The van der Waals surface area contributed by atoms with Gasteiger partial charge in [0.05, 0.1) is 26.0 Å². The van der Waals surface area contributed by atoms with Crippen LogP contribution in [0.1, 0.15) is 21.5 Å². The molecule has 1 aliphatic carbocycles. The van der Waals surface area contributed by atoms with Crippen LogP contribution in [0.5, 0.6) is 11.5 Å². The molecule has 1 aliphatic heterocycles. The first-order valence-electron chi connectivity index (χ1n) is 9.76. The van der Waals surface area contributed by atoms with E-state index in [2.05, 4.69) is 9.64 Å². The van der Waals surface area contributed by atoms with E-state index in [0.717, 1.165) is 24.3 Å². The van der Waals surface area contributed by atoms with Crippen LogP contribution in [0.25, 0.3) is 0 Å². The number of ether oxygens (including phenoxy) is 3. The van der Waals surface area contributed by atoms with Gasteiger partial charge in [0.15, 0.2) is 5.78 Å². The molecule has 2 aromatic carbocycles. The van der Waals surface area contributed by atoms with Gasteiger partial charge in [-0.05, 0) is 48.2 Å². The normalized spacial score (nSPS) is 19.0. The summed E-state index contributed by atoms with van der Waals surface area (Å²) in [5, 5.41) is 0. The number of benzene rings is 2. The zero-order chi connectivity index (χ0) is 21.3. The average Bonchev–Trinajstić information content (AvgIpc) is 3.01. The number of anilines is 1. The molecule has 0 aromatic heterocycles. The fourth-order valence-electron chi connectivity index (χ4n) is 4.12. The lowest BCUT2D eigenvalue weighted by Crippen LogP contribution is -2.36. The highest BCUT2D eigenvalue weighted by Gasteiger charge is 2.34. The topological polar surface area (TPSA) is 48.0 Å². The minimum Gasteiger partial charge on any atom is -0.495 e. The summed E-state index contributed by atoms with van der Waals surface area (Å²) >= 11 is 0. The molecule has 0 amide bonds. The van der Waals surface area contributed by atoms with Crippen molar-refractivity contribution >= 4 is 11.5 Å². The molecule has 30 heavy (non-hydrogen) atoms. The van der Waals surface area contributed by atoms with Crippen molar-refractivity contribution in [3.05, 3.63) is 53.1 Å². The Labute approximate surface area is 172 Å². The van der Waals surface area contributed by atoms with Crippen LogP contribution >= 0.6 is 0 Å². The molecule has 1 fully saturated rings. The largest absolute Gasteiger partial charge is 0.573 e. The van der Waals surface area contributed by atoms with E-state index < -0.39 is 6.36 Å². The van der Waals surface area contributed by atoms with Crippen LogP contribution in [0.4, 0.5) is 18.9 Å². The van der Waals surface area contributed by atoms with Crippen LogP contribution in [-0.4, -0.2) is 45.6 Å². The molecule has 2 aromatic rings. The Balaban J connectivity index is 1.54. The van der Waals surface area contributed by atoms with Crippen LogP contribution < -0.4 is 14.4 Å². The molecular weight excluding hydrogens is 399 g/mol. The highest BCUT2D eigenvalue weighted by molar-refractivity contribution is 6.03. The molecule has 0 bridgehead atoms. The number of nitrogens with zero attached hydrogens (tertiary/aromatic N) is 1. The second-order valence-electron chi connectivity index (χ2n) is 7.45. The molecule has 0 N–H and O–H groups in total. The number of halogens is 3. The number of ketones is 1. The molecule has 5 nitrogen and oxygen atoms in total. The molecule has 160 valence electrons. The van der Waals surface area contributed by atoms with E-state index in [9.17, 15) is 18.0 Å². The molecule has 1 saturated heterocycles. The van der Waals surface area contributed by atoms with Gasteiger partial charge in [-0.3, -0.25) is 4.79 Å². The summed E-state index contributed by atoms with van der Waals surface area (Å²) < 4.78 is 52.4. The Hall–Kier alpha value is -2.74. The van der Waals surface area contributed by atoms with Crippen molar-refractivity contribution in [3.8, 4) is 11.5 Å². The maximum absolute atomic E-state index is 13.0. The second-order valence-corrected chi connectivity index (χ2v) is 7.45. The minimum atomic E-state index is -4.75. The number of alkyl halides is 3. The second kappa shape index (κ2) is 8.18. The van der Waals surface area contributed by atoms with E-state index in [1.807, 2.05) is 6.07 Å². The van der Waals surface area contributed by atoms with Gasteiger partial charge < -0.3 is 19.1 Å². The van der Waals surface area contributed by atoms with Crippen molar-refractivity contribution in [2.24, 2.45) is 5.92 Å². The highest BCUT2D eigenvalue weighted by atomic mass is 19.4. The van der Waals surface area contributed by atoms with Crippen LogP contribution in [0.3, 0.4) is 0 Å². The average molecular weight is 421 g/mol. The Morgan fingerprint density at radius 1 is 1.17 bits per heavy atom. The van der Waals surface area contributed by atoms with Crippen LogP contribution in [0.2, 0.25) is 0 Å². The third-order valence-electron chi connectivity index (χ3n) is 5.47. The number of Topliss-reactive ketones (excluding diaryl/α,β-unsaturated/α-hetero) is 1. The van der Waals surface area contributed by atoms with E-state index in [4.69, 9.17) is 9.47 Å². The molecule has 0 radical (unpaired) electrons. The number of hydrogen-bond acceptors (Lipinski definition) is 5. The minimum absolute atomic E-state index is 0.0148. The van der Waals surface area contributed by atoms with Crippen LogP contribution in [-0.2, 0) is 17.6 Å². The molecule has 0 spiro atoms. The van der Waals surface area contributed by atoms with Gasteiger partial charge in [-0.2, -0.15) is 0 Å². The maximum Gasteiger partial charge on any atom is 0.573 e. The third kappa shape index (κ3) is 4.38. The summed E-state index contributed by atoms with van der Waals surface area (Å²) in [7, 11) is 1.58. The molecular formula is C22H22F3NO4. The fourth-order valence-corrected chi connectivity index (χ4v) is 4.12. The van der Waals surface area contributed by atoms with Crippen molar-refractivity contribution in [1.29, 1.82) is 0 Å². The first-order chi connectivity index (χ1) is 14.3. The lowest BCUT2D eigenvalue weighted by Gasteiger charge is -2.30. The Morgan fingerprint density at radius 3 is 2.63 bits per heavy atom. The molecule has 8 heteroatoms. The number of rotatable bonds is 5. The van der Waals surface area contributed by atoms with Crippen molar-refractivity contribution in [2.75, 3.05) is 38.3 Å². The Morgan fingerprint density at radius 2 is 1.93 bits per heavy atom. The molecule has 0 saturated carbocycles. The summed E-state index contributed by atoms with van der Waals surface area (Å²) in [6.45, 7) is 2.77. The summed E-state index contributed by atoms with van der Waals surface area (Å²) in [5.41, 5.74) is 3.13. The predicted octanol–water partition coefficient (Wildman–Crippen LogP) is 4.03. The summed E-state index contributed by atoms with van der Waals surface area (Å²) in [6.07, 6.45) is -3.86. The van der Waals surface area contributed by atoms with Crippen molar-refractivity contribution in [1.82, 2.24) is 0 Å². The van der Waals surface area contributed by atoms with Crippen molar-refractivity contribution < 1.29 is 32.2 Å². The van der Waals surface area contributed by atoms with E-state index in [1.54, 1.807) is 19.2 Å². The highest BCUT2D eigenvalue weighted by Crippen LogP contribution is 2.38. The summed E-state index contributed by atoms with van der Waals surface area (Å²) in [4.78, 5) is 15.1. The summed E-state index contributed by atoms with van der Waals surface area (Å²) in [5.74, 6) is 0.0224. The third-order valence-corrected chi connectivity index (χ3v) is 5.47. The quantitative estimate of drug-likeness (QED) is 0.730. The molecule has 2 aliphatic rings. The predicted molar refractivity (Wildman–Crippen MR) is 104 cm³/mol. The van der Waals surface area contributed by atoms with Gasteiger partial charge in [0.25, 0.3) is 0 Å². The van der Waals surface area contributed by atoms with Gasteiger partial charge in [0, 0.05) is 24.6 Å². The number of carbonyl (C=O) groups is 1. The van der Waals surface area contributed by atoms with Crippen molar-refractivity contribution in [2.45, 2.75) is 19.2 Å². The maximum atomic E-state index is 13.0. The summed E-state index contributed by atoms with van der Waals surface area (Å²) in [6, 6.07) is 9.58. The SMILES string of the molecule is COc1cc2c(cc1N1CCOCC1)CC(Cc1cccc(OC(F)(F)F)c1)C2=O. The molecule has 1 atom stereocenters. The number of morpholine rings is 1. The van der Waals surface area contributed by atoms with Gasteiger partial charge >= 0.3 is 6.36 Å². The van der Waals surface area contributed by atoms with Gasteiger partial charge in [0.1, 0.15) is 11.5 Å². The number of methoxy groups -OCH3 is 1. The smallest absolute Gasteiger partial charge is 0.495 e. The standard InChI is InChI=1S/C22H22F3NO4/c1-28-20-13-18-15(12-19(20)26-5-7-29-8-6-26)11-16(21(18)27)9-14-3-2-4-17(10-14)30-22(23,24)25/h2-4,10,12-13,16H,5-9,11H2,1H3. The lowest BCUT2D eigenvalue weighted by atomic mass is 9.95. The number of fused-ring (bicyclic) bond motifs is 1. The number of hydrogen-bond donors (Lipinski definition) is 0. The Bertz CT molecular complexity index is 938. The van der Waals surface area contributed by atoms with E-state index in [1.165, 1.54) is 18.2 Å². The van der Waals surface area contributed by atoms with Gasteiger partial charge in [0.2, 0.25) is 0 Å². The Kier molecular flexibility index (Phi) is 5.60. The zero-order valence-electron chi connectivity index (χ0n) is 16.5. The van der Waals surface area contributed by atoms with E-state index in [-0.39, 0.29) is 17.5 Å². The first-order valence-corrected chi connectivity index (χ1v) is 9.76. The first kappa shape index (κ1) is 20.5. The van der Waals surface area contributed by atoms with E-state index in [0.29, 0.717) is 42.9 Å². The number of carbonyl (C=O) groups excluding carboxylic acids is 1. The van der Waals surface area contributed by atoms with E-state index >= 15 is 0 Å². The lowest BCUT2D eigenvalue weighted by molar-refractivity contribution is -0.274. The zero-order valence-corrected chi connectivity index (χ0v) is 16.5. The fraction of sp³-hybridized carbons (Fsp3) is 0.409. The molecule has 4 rings (SSSR count). The molecule has 1 unspecified atom stereocenters.